The van der Waals surface area contributed by atoms with Gasteiger partial charge in [0.1, 0.15) is 0 Å². The standard InChI is InChI=1S/C11H19NO2/c1-5-7-12-9-10(13)14-8-6-11(2,3)4/h1,12H,6-9H2,2-4H3. The number of esters is 1. The van der Waals surface area contributed by atoms with Crippen molar-refractivity contribution in [1.82, 2.24) is 5.32 Å². The molecule has 0 fully saturated rings. The Morgan fingerprint density at radius 1 is 1.50 bits per heavy atom. The molecule has 3 nitrogen and oxygen atoms in total. The highest BCUT2D eigenvalue weighted by Crippen LogP contribution is 2.17. The first kappa shape index (κ1) is 13.0. The monoisotopic (exact) mass is 197 g/mol. The van der Waals surface area contributed by atoms with Crippen LogP contribution in [-0.4, -0.2) is 25.7 Å². The van der Waals surface area contributed by atoms with Gasteiger partial charge in [0.05, 0.1) is 19.7 Å². The van der Waals surface area contributed by atoms with Crippen LogP contribution in [0.3, 0.4) is 0 Å². The molecule has 0 rings (SSSR count). The van der Waals surface area contributed by atoms with Gasteiger partial charge in [0.25, 0.3) is 0 Å². The molecule has 3 heteroatoms. The molecule has 0 spiro atoms. The van der Waals surface area contributed by atoms with Crippen molar-refractivity contribution in [2.24, 2.45) is 5.41 Å². The van der Waals surface area contributed by atoms with E-state index in [1.165, 1.54) is 0 Å². The van der Waals surface area contributed by atoms with E-state index in [1.54, 1.807) is 0 Å². The zero-order chi connectivity index (χ0) is 11.0. The summed E-state index contributed by atoms with van der Waals surface area (Å²) in [6, 6.07) is 0. The van der Waals surface area contributed by atoms with Gasteiger partial charge in [0.15, 0.2) is 0 Å². The van der Waals surface area contributed by atoms with Gasteiger partial charge in [-0.25, -0.2) is 0 Å². The molecule has 0 aromatic rings. The zero-order valence-corrected chi connectivity index (χ0v) is 9.22. The van der Waals surface area contributed by atoms with Crippen LogP contribution in [0.2, 0.25) is 0 Å². The molecule has 0 aromatic carbocycles. The predicted octanol–water partition coefficient (Wildman–Crippen LogP) is 1.19. The fourth-order valence-electron chi connectivity index (χ4n) is 0.759. The van der Waals surface area contributed by atoms with E-state index in [4.69, 9.17) is 11.2 Å². The largest absolute Gasteiger partial charge is 0.465 e. The molecule has 0 saturated heterocycles. The maximum absolute atomic E-state index is 11.1. The van der Waals surface area contributed by atoms with E-state index >= 15 is 0 Å². The third kappa shape index (κ3) is 9.08. The van der Waals surface area contributed by atoms with E-state index in [2.05, 4.69) is 32.0 Å². The molecular formula is C11H19NO2. The number of carbonyl (C=O) groups excluding carboxylic acids is 1. The Balaban J connectivity index is 3.42. The lowest BCUT2D eigenvalue weighted by molar-refractivity contribution is -0.143. The van der Waals surface area contributed by atoms with Gasteiger partial charge in [-0.15, -0.1) is 6.42 Å². The average molecular weight is 197 g/mol. The molecule has 0 heterocycles. The van der Waals surface area contributed by atoms with E-state index in [0.29, 0.717) is 13.2 Å². The SMILES string of the molecule is C#CCNCC(=O)OCCC(C)(C)C. The maximum Gasteiger partial charge on any atom is 0.319 e. The molecule has 0 atom stereocenters. The van der Waals surface area contributed by atoms with Crippen molar-refractivity contribution in [3.8, 4) is 12.3 Å². The van der Waals surface area contributed by atoms with E-state index in [-0.39, 0.29) is 17.9 Å². The van der Waals surface area contributed by atoms with Crippen molar-refractivity contribution in [2.45, 2.75) is 27.2 Å². The number of terminal acetylenes is 1. The van der Waals surface area contributed by atoms with Crippen molar-refractivity contribution in [3.05, 3.63) is 0 Å². The lowest BCUT2D eigenvalue weighted by atomic mass is 9.93. The number of carbonyl (C=O) groups is 1. The van der Waals surface area contributed by atoms with Crippen molar-refractivity contribution in [3.63, 3.8) is 0 Å². The minimum atomic E-state index is -0.246. The van der Waals surface area contributed by atoms with Gasteiger partial charge >= 0.3 is 5.97 Å². The normalized spacial score (nSPS) is 10.7. The molecule has 80 valence electrons. The highest BCUT2D eigenvalue weighted by Gasteiger charge is 2.11. The molecule has 0 bridgehead atoms. The lowest BCUT2D eigenvalue weighted by Crippen LogP contribution is -2.25. The van der Waals surface area contributed by atoms with Crippen molar-refractivity contribution in [2.75, 3.05) is 19.7 Å². The smallest absolute Gasteiger partial charge is 0.319 e. The second kappa shape index (κ2) is 6.44. The highest BCUT2D eigenvalue weighted by atomic mass is 16.5. The Labute approximate surface area is 86.2 Å². The quantitative estimate of drug-likeness (QED) is 0.409. The summed E-state index contributed by atoms with van der Waals surface area (Å²) < 4.78 is 4.99. The first-order chi connectivity index (χ1) is 6.45. The number of hydrogen-bond donors (Lipinski definition) is 1. The van der Waals surface area contributed by atoms with Gasteiger partial charge < -0.3 is 4.74 Å². The van der Waals surface area contributed by atoms with Crippen molar-refractivity contribution >= 4 is 5.97 Å². The summed E-state index contributed by atoms with van der Waals surface area (Å²) in [5.41, 5.74) is 0.201. The number of hydrogen-bond acceptors (Lipinski definition) is 3. The number of nitrogens with one attached hydrogen (secondary N) is 1. The third-order valence-corrected chi connectivity index (χ3v) is 1.61. The Morgan fingerprint density at radius 2 is 2.14 bits per heavy atom. The molecule has 14 heavy (non-hydrogen) atoms. The molecular weight excluding hydrogens is 178 g/mol. The van der Waals surface area contributed by atoms with Crippen LogP contribution in [0.4, 0.5) is 0 Å². The van der Waals surface area contributed by atoms with E-state index in [9.17, 15) is 4.79 Å². The summed E-state index contributed by atoms with van der Waals surface area (Å²) in [7, 11) is 0. The van der Waals surface area contributed by atoms with E-state index < -0.39 is 0 Å². The Bertz CT molecular complexity index is 210. The Kier molecular flexibility index (Phi) is 5.98. The van der Waals surface area contributed by atoms with Gasteiger partial charge in [-0.05, 0) is 11.8 Å². The second-order valence-corrected chi connectivity index (χ2v) is 4.34. The van der Waals surface area contributed by atoms with Crippen molar-refractivity contribution < 1.29 is 9.53 Å². The van der Waals surface area contributed by atoms with Crippen molar-refractivity contribution in [1.29, 1.82) is 0 Å². The van der Waals surface area contributed by atoms with Crippen LogP contribution in [0.15, 0.2) is 0 Å². The lowest BCUT2D eigenvalue weighted by Gasteiger charge is -2.17. The van der Waals surface area contributed by atoms with Gasteiger partial charge in [-0.2, -0.15) is 0 Å². The summed E-state index contributed by atoms with van der Waals surface area (Å²) in [5.74, 6) is 2.14. The van der Waals surface area contributed by atoms with Crippen LogP contribution < -0.4 is 5.32 Å². The van der Waals surface area contributed by atoms with Gasteiger partial charge in [-0.1, -0.05) is 26.7 Å². The predicted molar refractivity (Wildman–Crippen MR) is 56.7 cm³/mol. The Morgan fingerprint density at radius 3 is 2.64 bits per heavy atom. The number of rotatable bonds is 5. The highest BCUT2D eigenvalue weighted by molar-refractivity contribution is 5.71. The fourth-order valence-corrected chi connectivity index (χ4v) is 0.759. The first-order valence-corrected chi connectivity index (χ1v) is 4.75. The molecule has 1 N–H and O–H groups in total. The summed E-state index contributed by atoms with van der Waals surface area (Å²) in [4.78, 5) is 11.1. The van der Waals surface area contributed by atoms with Crippen LogP contribution in [0.5, 0.6) is 0 Å². The van der Waals surface area contributed by atoms with Gasteiger partial charge in [0.2, 0.25) is 0 Å². The van der Waals surface area contributed by atoms with Crippen LogP contribution >= 0.6 is 0 Å². The fraction of sp³-hybridized carbons (Fsp3) is 0.727. The summed E-state index contributed by atoms with van der Waals surface area (Å²) in [6.45, 7) is 7.38. The van der Waals surface area contributed by atoms with Crippen LogP contribution in [0, 0.1) is 17.8 Å². The molecule has 0 aromatic heterocycles. The minimum absolute atomic E-state index is 0.189. The summed E-state index contributed by atoms with van der Waals surface area (Å²) in [6.07, 6.45) is 5.88. The number of ether oxygens (including phenoxy) is 1. The Hall–Kier alpha value is -1.01. The molecule has 0 aliphatic rings. The minimum Gasteiger partial charge on any atom is -0.465 e. The molecule has 0 unspecified atom stereocenters. The average Bonchev–Trinajstić information content (AvgIpc) is 2.02. The van der Waals surface area contributed by atoms with E-state index in [0.717, 1.165) is 6.42 Å². The first-order valence-electron chi connectivity index (χ1n) is 4.75. The summed E-state index contributed by atoms with van der Waals surface area (Å²) >= 11 is 0. The third-order valence-electron chi connectivity index (χ3n) is 1.61. The van der Waals surface area contributed by atoms with Crippen LogP contribution in [0.1, 0.15) is 27.2 Å². The summed E-state index contributed by atoms with van der Waals surface area (Å²) in [5, 5.41) is 2.77. The van der Waals surface area contributed by atoms with E-state index in [1.807, 2.05) is 0 Å². The maximum atomic E-state index is 11.1. The molecule has 0 aliphatic carbocycles. The molecule has 0 radical (unpaired) electrons. The second-order valence-electron chi connectivity index (χ2n) is 4.34. The molecule has 0 amide bonds. The molecule has 0 saturated carbocycles. The topological polar surface area (TPSA) is 38.3 Å². The van der Waals surface area contributed by atoms with Gasteiger partial charge in [-0.3, -0.25) is 10.1 Å². The van der Waals surface area contributed by atoms with Gasteiger partial charge in [0, 0.05) is 0 Å². The van der Waals surface area contributed by atoms with Crippen LogP contribution in [-0.2, 0) is 9.53 Å². The van der Waals surface area contributed by atoms with Crippen LogP contribution in [0.25, 0.3) is 0 Å². The molecule has 0 aliphatic heterocycles. The zero-order valence-electron chi connectivity index (χ0n) is 9.22.